The number of sulfonamides is 1. The van der Waals surface area contributed by atoms with Crippen LogP contribution in [0.15, 0.2) is 60.9 Å². The van der Waals surface area contributed by atoms with E-state index in [4.69, 9.17) is 17.0 Å². The lowest BCUT2D eigenvalue weighted by molar-refractivity contribution is 0.417. The van der Waals surface area contributed by atoms with Crippen molar-refractivity contribution in [3.05, 3.63) is 72.3 Å². The molecule has 2 aromatic heterocycles. The summed E-state index contributed by atoms with van der Waals surface area (Å²) in [7, 11) is -2.00. The summed E-state index contributed by atoms with van der Waals surface area (Å²) < 4.78 is 34.0. The van der Waals surface area contributed by atoms with E-state index in [1.54, 1.807) is 18.3 Å². The molecule has 3 aromatic rings. The minimum Gasteiger partial charge on any atom is -0.495 e. The number of anilines is 2. The van der Waals surface area contributed by atoms with E-state index in [1.165, 1.54) is 7.11 Å². The zero-order valence-electron chi connectivity index (χ0n) is 18.9. The van der Waals surface area contributed by atoms with Crippen molar-refractivity contribution < 1.29 is 13.2 Å². The molecule has 1 aliphatic rings. The predicted molar refractivity (Wildman–Crippen MR) is 134 cm³/mol. The first kappa shape index (κ1) is 23.1. The van der Waals surface area contributed by atoms with E-state index in [9.17, 15) is 8.42 Å². The van der Waals surface area contributed by atoms with Gasteiger partial charge in [-0.2, -0.15) is 0 Å². The Labute approximate surface area is 199 Å². The highest BCUT2D eigenvalue weighted by Crippen LogP contribution is 2.43. The first-order valence-electron chi connectivity index (χ1n) is 10.5. The molecule has 1 saturated heterocycles. The molecule has 0 saturated carbocycles. The van der Waals surface area contributed by atoms with Crippen molar-refractivity contribution >= 4 is 38.7 Å². The molecular weight excluding hydrogens is 458 g/mol. The van der Waals surface area contributed by atoms with Gasteiger partial charge in [0.1, 0.15) is 11.8 Å². The van der Waals surface area contributed by atoms with Crippen LogP contribution in [0.5, 0.6) is 5.75 Å². The maximum atomic E-state index is 11.9. The lowest BCUT2D eigenvalue weighted by atomic mass is 10.0. The second-order valence-corrected chi connectivity index (χ2v) is 10.3. The molecule has 8 nitrogen and oxygen atoms in total. The molecule has 0 bridgehead atoms. The standard InChI is InChI=1S/C23H27N5O3S2/c1-15(2)27-13-7-9-19(27)22-21(17-8-5-6-12-24-17)25-23(32)28(22)16-10-11-20(31-3)18(14-16)26-33(4,29)30/h5-15,21-22,26H,1-4H3,(H,25,32)/t21-,22-/m1/s1. The van der Waals surface area contributed by atoms with E-state index in [1.807, 2.05) is 35.2 Å². The van der Waals surface area contributed by atoms with Gasteiger partial charge in [-0.15, -0.1) is 0 Å². The largest absolute Gasteiger partial charge is 0.495 e. The topological polar surface area (TPSA) is 88.5 Å². The normalized spacial score (nSPS) is 18.5. The number of aromatic nitrogens is 2. The quantitative estimate of drug-likeness (QED) is 0.489. The molecule has 4 rings (SSSR count). The zero-order chi connectivity index (χ0) is 23.8. The van der Waals surface area contributed by atoms with E-state index in [2.05, 4.69) is 45.7 Å². The second-order valence-electron chi connectivity index (χ2n) is 8.19. The van der Waals surface area contributed by atoms with Crippen LogP contribution in [-0.4, -0.2) is 36.4 Å². The fourth-order valence-corrected chi connectivity index (χ4v) is 5.09. The van der Waals surface area contributed by atoms with E-state index in [-0.39, 0.29) is 18.1 Å². The Morgan fingerprint density at radius 1 is 1.18 bits per heavy atom. The number of nitrogens with one attached hydrogen (secondary N) is 2. The molecule has 10 heteroatoms. The van der Waals surface area contributed by atoms with Crippen LogP contribution in [0.25, 0.3) is 0 Å². The number of hydrogen-bond donors (Lipinski definition) is 2. The summed E-state index contributed by atoms with van der Waals surface area (Å²) in [6, 6.07) is 15.1. The van der Waals surface area contributed by atoms with Gasteiger partial charge in [-0.25, -0.2) is 8.42 Å². The summed E-state index contributed by atoms with van der Waals surface area (Å²) in [4.78, 5) is 6.59. The molecule has 3 heterocycles. The lowest BCUT2D eigenvalue weighted by Crippen LogP contribution is -2.30. The van der Waals surface area contributed by atoms with Gasteiger partial charge in [-0.3, -0.25) is 9.71 Å². The van der Waals surface area contributed by atoms with Crippen molar-refractivity contribution in [2.24, 2.45) is 0 Å². The van der Waals surface area contributed by atoms with Crippen molar-refractivity contribution in [1.29, 1.82) is 0 Å². The van der Waals surface area contributed by atoms with Crippen molar-refractivity contribution in [2.45, 2.75) is 32.0 Å². The Bertz CT molecular complexity index is 1260. The first-order valence-corrected chi connectivity index (χ1v) is 12.8. The highest BCUT2D eigenvalue weighted by molar-refractivity contribution is 7.92. The molecular formula is C23H27N5O3S2. The molecule has 1 aromatic carbocycles. The van der Waals surface area contributed by atoms with Gasteiger partial charge in [0.15, 0.2) is 5.11 Å². The SMILES string of the molecule is COc1ccc(N2C(=S)N[C@H](c3ccccn3)[C@H]2c2cccn2C(C)C)cc1NS(C)(=O)=O. The summed E-state index contributed by atoms with van der Waals surface area (Å²) in [5, 5.41) is 3.96. The second kappa shape index (κ2) is 9.03. The summed E-state index contributed by atoms with van der Waals surface area (Å²) >= 11 is 5.78. The fourth-order valence-electron chi connectivity index (χ4n) is 4.19. The number of pyridine rings is 1. The summed E-state index contributed by atoms with van der Waals surface area (Å²) in [6.07, 6.45) is 4.93. The minimum absolute atomic E-state index is 0.195. The number of thiocarbonyl (C=S) groups is 1. The van der Waals surface area contributed by atoms with Crippen LogP contribution in [0.1, 0.15) is 43.4 Å². The summed E-state index contributed by atoms with van der Waals surface area (Å²) in [6.45, 7) is 4.26. The summed E-state index contributed by atoms with van der Waals surface area (Å²) in [5.41, 5.74) is 3.02. The van der Waals surface area contributed by atoms with Gasteiger partial charge in [-0.05, 0) is 68.5 Å². The van der Waals surface area contributed by atoms with Crippen LogP contribution in [0, 0.1) is 0 Å². The Balaban J connectivity index is 1.86. The monoisotopic (exact) mass is 485 g/mol. The maximum absolute atomic E-state index is 11.9. The third kappa shape index (κ3) is 4.67. The molecule has 1 fully saturated rings. The number of nitrogens with zero attached hydrogens (tertiary/aromatic N) is 3. The molecule has 0 amide bonds. The van der Waals surface area contributed by atoms with Crippen LogP contribution in [0.2, 0.25) is 0 Å². The highest BCUT2D eigenvalue weighted by Gasteiger charge is 2.42. The third-order valence-corrected chi connectivity index (χ3v) is 6.43. The van der Waals surface area contributed by atoms with Gasteiger partial charge in [0.25, 0.3) is 0 Å². The van der Waals surface area contributed by atoms with Crippen molar-refractivity contribution in [3.63, 3.8) is 0 Å². The van der Waals surface area contributed by atoms with Crippen LogP contribution in [0.3, 0.4) is 0 Å². The Morgan fingerprint density at radius 2 is 1.97 bits per heavy atom. The number of methoxy groups -OCH3 is 1. The van der Waals surface area contributed by atoms with Crippen molar-refractivity contribution in [1.82, 2.24) is 14.9 Å². The molecule has 0 unspecified atom stereocenters. The van der Waals surface area contributed by atoms with Gasteiger partial charge in [0.2, 0.25) is 10.0 Å². The Kier molecular flexibility index (Phi) is 6.31. The average Bonchev–Trinajstić information content (AvgIpc) is 3.37. The fraction of sp³-hybridized carbons (Fsp3) is 0.304. The minimum atomic E-state index is -3.50. The zero-order valence-corrected chi connectivity index (χ0v) is 20.5. The number of hydrogen-bond acceptors (Lipinski definition) is 5. The van der Waals surface area contributed by atoms with Gasteiger partial charge in [0, 0.05) is 29.8 Å². The smallest absolute Gasteiger partial charge is 0.229 e. The van der Waals surface area contributed by atoms with E-state index in [0.717, 1.165) is 23.3 Å². The number of benzene rings is 1. The van der Waals surface area contributed by atoms with E-state index >= 15 is 0 Å². The van der Waals surface area contributed by atoms with Gasteiger partial charge in [-0.1, -0.05) is 6.07 Å². The molecule has 0 radical (unpaired) electrons. The first-order chi connectivity index (χ1) is 15.7. The third-order valence-electron chi connectivity index (χ3n) is 5.53. The van der Waals surface area contributed by atoms with E-state index < -0.39 is 10.0 Å². The molecule has 0 spiro atoms. The molecule has 0 aliphatic carbocycles. The van der Waals surface area contributed by atoms with Crippen LogP contribution in [0.4, 0.5) is 11.4 Å². The molecule has 2 atom stereocenters. The van der Waals surface area contributed by atoms with Crippen molar-refractivity contribution in [3.8, 4) is 5.75 Å². The van der Waals surface area contributed by atoms with Crippen LogP contribution in [-0.2, 0) is 10.0 Å². The van der Waals surface area contributed by atoms with Crippen LogP contribution < -0.4 is 19.7 Å². The van der Waals surface area contributed by atoms with Gasteiger partial charge >= 0.3 is 0 Å². The number of rotatable bonds is 7. The average molecular weight is 486 g/mol. The molecule has 174 valence electrons. The maximum Gasteiger partial charge on any atom is 0.229 e. The van der Waals surface area contributed by atoms with Gasteiger partial charge < -0.3 is 19.5 Å². The number of ether oxygens (including phenoxy) is 1. The highest BCUT2D eigenvalue weighted by atomic mass is 32.2. The van der Waals surface area contributed by atoms with Crippen molar-refractivity contribution in [2.75, 3.05) is 23.0 Å². The molecule has 2 N–H and O–H groups in total. The predicted octanol–water partition coefficient (Wildman–Crippen LogP) is 4.02. The van der Waals surface area contributed by atoms with Gasteiger partial charge in [0.05, 0.1) is 30.8 Å². The Hall–Kier alpha value is -3.11. The lowest BCUT2D eigenvalue weighted by Gasteiger charge is -2.30. The van der Waals surface area contributed by atoms with Crippen LogP contribution >= 0.6 is 12.2 Å². The molecule has 1 aliphatic heterocycles. The van der Waals surface area contributed by atoms with E-state index in [0.29, 0.717) is 16.5 Å². The summed E-state index contributed by atoms with van der Waals surface area (Å²) in [5.74, 6) is 0.422. The Morgan fingerprint density at radius 3 is 2.61 bits per heavy atom. The molecule has 33 heavy (non-hydrogen) atoms.